The monoisotopic (exact) mass is 292 g/mol. The fourth-order valence-electron chi connectivity index (χ4n) is 1.73. The van der Waals surface area contributed by atoms with E-state index < -0.39 is 0 Å². The third kappa shape index (κ3) is 3.99. The predicted molar refractivity (Wildman–Crippen MR) is 80.6 cm³/mol. The fourth-order valence-corrected chi connectivity index (χ4v) is 2.03. The lowest BCUT2D eigenvalue weighted by molar-refractivity contribution is 0.624. The molecule has 0 aliphatic heterocycles. The number of hydrogen-bond acceptors (Lipinski definition) is 1. The van der Waals surface area contributed by atoms with Crippen molar-refractivity contribution in [2.45, 2.75) is 13.0 Å². The predicted octanol–water partition coefficient (Wildman–Crippen LogP) is 4.01. The van der Waals surface area contributed by atoms with Gasteiger partial charge in [0.2, 0.25) is 0 Å². The number of hydrogen-bond donors (Lipinski definition) is 2. The van der Waals surface area contributed by atoms with E-state index in [4.69, 9.17) is 12.2 Å². The second-order valence-electron chi connectivity index (χ2n) is 4.38. The van der Waals surface area contributed by atoms with Gasteiger partial charge in [-0.1, -0.05) is 12.1 Å². The first-order chi connectivity index (χ1) is 9.54. The van der Waals surface area contributed by atoms with E-state index in [1.807, 2.05) is 6.92 Å². The van der Waals surface area contributed by atoms with E-state index in [1.54, 1.807) is 24.3 Å². The van der Waals surface area contributed by atoms with Crippen molar-refractivity contribution < 1.29 is 8.78 Å². The lowest BCUT2D eigenvalue weighted by Gasteiger charge is -2.17. The van der Waals surface area contributed by atoms with Crippen molar-refractivity contribution in [3.05, 3.63) is 65.7 Å². The van der Waals surface area contributed by atoms with E-state index in [1.165, 1.54) is 24.3 Å². The zero-order chi connectivity index (χ0) is 14.5. The molecule has 2 aromatic rings. The molecule has 2 rings (SSSR count). The summed E-state index contributed by atoms with van der Waals surface area (Å²) in [5, 5.41) is 6.47. The van der Waals surface area contributed by atoms with Crippen LogP contribution in [0.2, 0.25) is 0 Å². The van der Waals surface area contributed by atoms with Gasteiger partial charge >= 0.3 is 0 Å². The molecule has 0 spiro atoms. The molecule has 2 nitrogen and oxygen atoms in total. The van der Waals surface area contributed by atoms with Gasteiger partial charge in [-0.2, -0.15) is 0 Å². The molecule has 0 heterocycles. The lowest BCUT2D eigenvalue weighted by atomic mass is 10.1. The Balaban J connectivity index is 1.93. The van der Waals surface area contributed by atoms with Gasteiger partial charge in [-0.3, -0.25) is 0 Å². The molecule has 0 amide bonds. The molecule has 1 atom stereocenters. The zero-order valence-electron chi connectivity index (χ0n) is 10.9. The van der Waals surface area contributed by atoms with Crippen molar-refractivity contribution in [2.75, 3.05) is 5.32 Å². The molecule has 0 saturated carbocycles. The number of thiocarbonyl (C=S) groups is 1. The van der Waals surface area contributed by atoms with Gasteiger partial charge in [0.15, 0.2) is 5.11 Å². The molecule has 0 bridgehead atoms. The van der Waals surface area contributed by atoms with Crippen LogP contribution in [0, 0.1) is 11.6 Å². The fraction of sp³-hybridized carbons (Fsp3) is 0.133. The Kier molecular flexibility index (Phi) is 4.63. The highest BCUT2D eigenvalue weighted by molar-refractivity contribution is 7.80. The molecule has 0 radical (unpaired) electrons. The van der Waals surface area contributed by atoms with Crippen molar-refractivity contribution in [1.29, 1.82) is 0 Å². The van der Waals surface area contributed by atoms with Gasteiger partial charge in [0, 0.05) is 5.69 Å². The first-order valence-electron chi connectivity index (χ1n) is 6.13. The molecule has 0 aromatic heterocycles. The molecule has 0 aliphatic carbocycles. The SMILES string of the molecule is CC(NC(=S)Nc1ccc(F)cc1)c1ccc(F)cc1. The summed E-state index contributed by atoms with van der Waals surface area (Å²) < 4.78 is 25.6. The number of nitrogens with one attached hydrogen (secondary N) is 2. The summed E-state index contributed by atoms with van der Waals surface area (Å²) in [4.78, 5) is 0. The minimum atomic E-state index is -0.297. The van der Waals surface area contributed by atoms with Crippen molar-refractivity contribution in [1.82, 2.24) is 5.32 Å². The van der Waals surface area contributed by atoms with Crippen molar-refractivity contribution in [3.63, 3.8) is 0 Å². The molecular formula is C15H14F2N2S. The van der Waals surface area contributed by atoms with E-state index in [2.05, 4.69) is 10.6 Å². The molecule has 0 aliphatic rings. The third-order valence-electron chi connectivity index (χ3n) is 2.82. The van der Waals surface area contributed by atoms with Crippen LogP contribution < -0.4 is 10.6 Å². The second-order valence-corrected chi connectivity index (χ2v) is 4.79. The summed E-state index contributed by atoms with van der Waals surface area (Å²) in [6.45, 7) is 1.92. The standard InChI is InChI=1S/C15H14F2N2S/c1-10(11-2-4-12(16)5-3-11)18-15(20)19-14-8-6-13(17)7-9-14/h2-10H,1H3,(H2,18,19,20). The third-order valence-corrected chi connectivity index (χ3v) is 3.04. The zero-order valence-corrected chi connectivity index (χ0v) is 11.7. The number of anilines is 1. The maximum atomic E-state index is 12.8. The molecule has 20 heavy (non-hydrogen) atoms. The van der Waals surface area contributed by atoms with Gasteiger partial charge in [-0.05, 0) is 61.1 Å². The minimum Gasteiger partial charge on any atom is -0.356 e. The van der Waals surface area contributed by atoms with Crippen LogP contribution in [-0.4, -0.2) is 5.11 Å². The molecule has 104 valence electrons. The van der Waals surface area contributed by atoms with Crippen LogP contribution in [0.1, 0.15) is 18.5 Å². The highest BCUT2D eigenvalue weighted by atomic mass is 32.1. The molecule has 0 fully saturated rings. The maximum absolute atomic E-state index is 12.8. The Bertz CT molecular complexity index is 582. The topological polar surface area (TPSA) is 24.1 Å². The van der Waals surface area contributed by atoms with Crippen molar-refractivity contribution in [3.8, 4) is 0 Å². The molecule has 5 heteroatoms. The van der Waals surface area contributed by atoms with Gasteiger partial charge in [0.25, 0.3) is 0 Å². The van der Waals surface area contributed by atoms with E-state index in [9.17, 15) is 8.78 Å². The Labute approximate surface area is 121 Å². The summed E-state index contributed by atoms with van der Waals surface area (Å²) in [5.74, 6) is -0.568. The van der Waals surface area contributed by atoms with Crippen LogP contribution >= 0.6 is 12.2 Å². The molecule has 2 N–H and O–H groups in total. The Morgan fingerprint density at radius 3 is 2.00 bits per heavy atom. The number of halogens is 2. The van der Waals surface area contributed by atoms with Crippen LogP contribution in [0.25, 0.3) is 0 Å². The second kappa shape index (κ2) is 6.43. The molecule has 1 unspecified atom stereocenters. The Morgan fingerprint density at radius 1 is 0.950 bits per heavy atom. The average molecular weight is 292 g/mol. The average Bonchev–Trinajstić information content (AvgIpc) is 2.42. The van der Waals surface area contributed by atoms with Crippen LogP contribution in [-0.2, 0) is 0 Å². The largest absolute Gasteiger partial charge is 0.356 e. The van der Waals surface area contributed by atoms with Gasteiger partial charge in [0.05, 0.1) is 6.04 Å². The molecular weight excluding hydrogens is 278 g/mol. The first-order valence-corrected chi connectivity index (χ1v) is 6.54. The van der Waals surface area contributed by atoms with Crippen molar-refractivity contribution >= 4 is 23.0 Å². The van der Waals surface area contributed by atoms with E-state index in [-0.39, 0.29) is 17.7 Å². The van der Waals surface area contributed by atoms with Gasteiger partial charge < -0.3 is 10.6 Å². The van der Waals surface area contributed by atoms with Gasteiger partial charge in [-0.15, -0.1) is 0 Å². The highest BCUT2D eigenvalue weighted by Gasteiger charge is 2.07. The van der Waals surface area contributed by atoms with Crippen LogP contribution in [0.3, 0.4) is 0 Å². The first kappa shape index (κ1) is 14.4. The summed E-state index contributed by atoms with van der Waals surface area (Å²) in [6.07, 6.45) is 0. The van der Waals surface area contributed by atoms with Crippen molar-refractivity contribution in [2.24, 2.45) is 0 Å². The smallest absolute Gasteiger partial charge is 0.171 e. The Morgan fingerprint density at radius 2 is 1.45 bits per heavy atom. The minimum absolute atomic E-state index is 0.0592. The Hall–Kier alpha value is -2.01. The summed E-state index contributed by atoms with van der Waals surface area (Å²) >= 11 is 5.18. The molecule has 0 saturated heterocycles. The lowest BCUT2D eigenvalue weighted by Crippen LogP contribution is -2.30. The number of benzene rings is 2. The van der Waals surface area contributed by atoms with E-state index in [0.29, 0.717) is 10.8 Å². The van der Waals surface area contributed by atoms with Gasteiger partial charge in [0.1, 0.15) is 11.6 Å². The van der Waals surface area contributed by atoms with E-state index >= 15 is 0 Å². The summed E-state index contributed by atoms with van der Waals surface area (Å²) in [7, 11) is 0. The summed E-state index contributed by atoms with van der Waals surface area (Å²) in [5.41, 5.74) is 1.63. The molecule has 2 aromatic carbocycles. The number of rotatable bonds is 3. The maximum Gasteiger partial charge on any atom is 0.171 e. The van der Waals surface area contributed by atoms with Crippen LogP contribution in [0.4, 0.5) is 14.5 Å². The summed E-state index contributed by atoms with van der Waals surface area (Å²) in [6, 6.07) is 12.1. The van der Waals surface area contributed by atoms with Crippen LogP contribution in [0.15, 0.2) is 48.5 Å². The highest BCUT2D eigenvalue weighted by Crippen LogP contribution is 2.14. The van der Waals surface area contributed by atoms with E-state index in [0.717, 1.165) is 5.56 Å². The normalized spacial score (nSPS) is 11.8. The van der Waals surface area contributed by atoms with Crippen LogP contribution in [0.5, 0.6) is 0 Å². The quantitative estimate of drug-likeness (QED) is 0.836. The van der Waals surface area contributed by atoms with Gasteiger partial charge in [-0.25, -0.2) is 8.78 Å².